The summed E-state index contributed by atoms with van der Waals surface area (Å²) in [5.74, 6) is 0.767. The van der Waals surface area contributed by atoms with E-state index in [0.29, 0.717) is 28.3 Å². The normalized spacial score (nSPS) is 16.6. The highest BCUT2D eigenvalue weighted by atomic mass is 35.5. The van der Waals surface area contributed by atoms with Crippen molar-refractivity contribution in [1.82, 2.24) is 5.32 Å². The van der Waals surface area contributed by atoms with Crippen molar-refractivity contribution in [3.8, 4) is 5.75 Å². The van der Waals surface area contributed by atoms with E-state index in [0.717, 1.165) is 12.8 Å². The van der Waals surface area contributed by atoms with E-state index >= 15 is 0 Å². The molecule has 1 aliphatic carbocycles. The van der Waals surface area contributed by atoms with Gasteiger partial charge in [-0.3, -0.25) is 4.79 Å². The number of halogens is 3. The van der Waals surface area contributed by atoms with Gasteiger partial charge >= 0.3 is 0 Å². The molecule has 2 atom stereocenters. The smallest absolute Gasteiger partial charge is 0.261 e. The number of hydrogen-bond donors (Lipinski definition) is 2. The van der Waals surface area contributed by atoms with E-state index in [1.807, 2.05) is 0 Å². The average Bonchev–Trinajstić information content (AvgIpc) is 3.23. The molecule has 7 heteroatoms. The van der Waals surface area contributed by atoms with E-state index in [4.69, 9.17) is 33.7 Å². The van der Waals surface area contributed by atoms with Crippen LogP contribution in [0.25, 0.3) is 0 Å². The van der Waals surface area contributed by atoms with Crippen molar-refractivity contribution >= 4 is 41.5 Å². The molecule has 3 N–H and O–H groups in total. The molecule has 0 aliphatic heterocycles. The van der Waals surface area contributed by atoms with E-state index in [-0.39, 0.29) is 24.4 Å². The summed E-state index contributed by atoms with van der Waals surface area (Å²) in [7, 11) is 0. The zero-order valence-electron chi connectivity index (χ0n) is 11.6. The van der Waals surface area contributed by atoms with Gasteiger partial charge in [0, 0.05) is 17.6 Å². The predicted octanol–water partition coefficient (Wildman–Crippen LogP) is 3.04. The Morgan fingerprint density at radius 3 is 2.67 bits per heavy atom. The van der Waals surface area contributed by atoms with E-state index in [1.54, 1.807) is 25.1 Å². The zero-order chi connectivity index (χ0) is 14.7. The number of carbonyl (C=O) groups is 1. The fraction of sp³-hybridized carbons (Fsp3) is 0.500. The largest absolute Gasteiger partial charge is 0.479 e. The first-order valence-electron chi connectivity index (χ1n) is 6.63. The maximum atomic E-state index is 12.1. The molecular formula is C14H19Cl3N2O2. The first-order chi connectivity index (χ1) is 9.51. The maximum Gasteiger partial charge on any atom is 0.261 e. The van der Waals surface area contributed by atoms with Gasteiger partial charge in [0.15, 0.2) is 6.10 Å². The van der Waals surface area contributed by atoms with Crippen molar-refractivity contribution in [2.24, 2.45) is 11.7 Å². The molecule has 1 fully saturated rings. The minimum absolute atomic E-state index is 0. The van der Waals surface area contributed by atoms with Crippen molar-refractivity contribution in [2.75, 3.05) is 6.54 Å². The number of nitrogens with two attached hydrogens (primary N) is 1. The van der Waals surface area contributed by atoms with Crippen LogP contribution in [-0.4, -0.2) is 24.6 Å². The molecule has 0 radical (unpaired) electrons. The molecule has 0 aromatic heterocycles. The number of benzene rings is 1. The molecule has 1 amide bonds. The second-order valence-corrected chi connectivity index (χ2v) is 5.87. The van der Waals surface area contributed by atoms with E-state index in [1.165, 1.54) is 0 Å². The molecule has 0 bridgehead atoms. The molecule has 2 unspecified atom stereocenters. The molecule has 0 heterocycles. The van der Waals surface area contributed by atoms with Crippen LogP contribution >= 0.6 is 35.6 Å². The highest BCUT2D eigenvalue weighted by Crippen LogP contribution is 2.32. The number of ether oxygens (including phenoxy) is 1. The molecule has 4 nitrogen and oxygen atoms in total. The third-order valence-electron chi connectivity index (χ3n) is 3.34. The fourth-order valence-corrected chi connectivity index (χ4v) is 2.44. The van der Waals surface area contributed by atoms with Gasteiger partial charge in [0.25, 0.3) is 5.91 Å². The first-order valence-corrected chi connectivity index (χ1v) is 7.39. The first kappa shape index (κ1) is 18.4. The van der Waals surface area contributed by atoms with Crippen molar-refractivity contribution in [3.05, 3.63) is 28.2 Å². The van der Waals surface area contributed by atoms with Gasteiger partial charge < -0.3 is 15.8 Å². The van der Waals surface area contributed by atoms with Crippen LogP contribution in [0.15, 0.2) is 18.2 Å². The quantitative estimate of drug-likeness (QED) is 0.826. The SMILES string of the molecule is CC(Oc1ccc(Cl)cc1Cl)C(=O)NC(CN)C1CC1.Cl. The third-order valence-corrected chi connectivity index (χ3v) is 3.87. The molecule has 2 rings (SSSR count). The van der Waals surface area contributed by atoms with Crippen LogP contribution in [0.5, 0.6) is 5.75 Å². The van der Waals surface area contributed by atoms with Gasteiger partial charge in [-0.1, -0.05) is 23.2 Å². The van der Waals surface area contributed by atoms with Gasteiger partial charge in [0.1, 0.15) is 5.75 Å². The summed E-state index contributed by atoms with van der Waals surface area (Å²) in [4.78, 5) is 12.1. The van der Waals surface area contributed by atoms with Gasteiger partial charge in [0.05, 0.1) is 5.02 Å². The van der Waals surface area contributed by atoms with Gasteiger partial charge in [-0.05, 0) is 43.9 Å². The molecule has 0 saturated heterocycles. The summed E-state index contributed by atoms with van der Waals surface area (Å²) in [6, 6.07) is 4.93. The lowest BCUT2D eigenvalue weighted by molar-refractivity contribution is -0.128. The second-order valence-electron chi connectivity index (χ2n) is 5.02. The molecule has 1 aliphatic rings. The van der Waals surface area contributed by atoms with Crippen molar-refractivity contribution in [2.45, 2.75) is 31.9 Å². The van der Waals surface area contributed by atoms with Gasteiger partial charge in [-0.15, -0.1) is 12.4 Å². The van der Waals surface area contributed by atoms with Gasteiger partial charge in [0.2, 0.25) is 0 Å². The molecule has 118 valence electrons. The van der Waals surface area contributed by atoms with Crippen LogP contribution in [0.1, 0.15) is 19.8 Å². The van der Waals surface area contributed by atoms with Crippen molar-refractivity contribution in [1.29, 1.82) is 0 Å². The number of carbonyl (C=O) groups excluding carboxylic acids is 1. The summed E-state index contributed by atoms with van der Waals surface area (Å²) in [5, 5.41) is 3.83. The standard InChI is InChI=1S/C14H18Cl2N2O2.ClH/c1-8(14(19)18-12(7-17)9-2-3-9)20-13-5-4-10(15)6-11(13)16;/h4-6,8-9,12H,2-3,7,17H2,1H3,(H,18,19);1H. The number of amides is 1. The Balaban J connectivity index is 0.00000220. The van der Waals surface area contributed by atoms with Crippen LogP contribution in [-0.2, 0) is 4.79 Å². The Hall–Kier alpha value is -0.680. The minimum Gasteiger partial charge on any atom is -0.479 e. The lowest BCUT2D eigenvalue weighted by Gasteiger charge is -2.20. The van der Waals surface area contributed by atoms with Crippen molar-refractivity contribution in [3.63, 3.8) is 0 Å². The summed E-state index contributed by atoms with van der Waals surface area (Å²) >= 11 is 11.8. The fourth-order valence-electron chi connectivity index (χ4n) is 1.98. The lowest BCUT2D eigenvalue weighted by atomic mass is 10.2. The highest BCUT2D eigenvalue weighted by Gasteiger charge is 2.32. The van der Waals surface area contributed by atoms with Crippen LogP contribution in [0.3, 0.4) is 0 Å². The molecule has 1 aromatic rings. The monoisotopic (exact) mass is 352 g/mol. The minimum atomic E-state index is -0.638. The van der Waals surface area contributed by atoms with E-state index < -0.39 is 6.10 Å². The molecule has 0 spiro atoms. The van der Waals surface area contributed by atoms with Crippen molar-refractivity contribution < 1.29 is 9.53 Å². The summed E-state index contributed by atoms with van der Waals surface area (Å²) < 4.78 is 5.56. The number of nitrogens with one attached hydrogen (secondary N) is 1. The molecule has 21 heavy (non-hydrogen) atoms. The van der Waals surface area contributed by atoms with Crippen LogP contribution in [0.4, 0.5) is 0 Å². The number of rotatable bonds is 6. The Morgan fingerprint density at radius 2 is 2.14 bits per heavy atom. The Morgan fingerprint density at radius 1 is 1.48 bits per heavy atom. The van der Waals surface area contributed by atoms with Crippen LogP contribution in [0.2, 0.25) is 10.0 Å². The van der Waals surface area contributed by atoms with Crippen LogP contribution in [0, 0.1) is 5.92 Å². The van der Waals surface area contributed by atoms with Gasteiger partial charge in [-0.2, -0.15) is 0 Å². The Labute approximate surface area is 140 Å². The zero-order valence-corrected chi connectivity index (χ0v) is 14.0. The van der Waals surface area contributed by atoms with Crippen LogP contribution < -0.4 is 15.8 Å². The Bertz CT molecular complexity index is 495. The second kappa shape index (κ2) is 8.08. The average molecular weight is 354 g/mol. The maximum absolute atomic E-state index is 12.1. The highest BCUT2D eigenvalue weighted by molar-refractivity contribution is 6.35. The molecule has 1 aromatic carbocycles. The molecular weight excluding hydrogens is 335 g/mol. The summed E-state index contributed by atoms with van der Waals surface area (Å²) in [6.07, 6.45) is 1.61. The Kier molecular flexibility index (Phi) is 7.07. The number of hydrogen-bond acceptors (Lipinski definition) is 3. The summed E-state index contributed by atoms with van der Waals surface area (Å²) in [5.41, 5.74) is 5.66. The van der Waals surface area contributed by atoms with E-state index in [9.17, 15) is 4.79 Å². The lowest BCUT2D eigenvalue weighted by Crippen LogP contribution is -2.46. The third kappa shape index (κ3) is 5.22. The summed E-state index contributed by atoms with van der Waals surface area (Å²) in [6.45, 7) is 2.13. The predicted molar refractivity (Wildman–Crippen MR) is 87.5 cm³/mol. The van der Waals surface area contributed by atoms with Gasteiger partial charge in [-0.25, -0.2) is 0 Å². The van der Waals surface area contributed by atoms with E-state index in [2.05, 4.69) is 5.32 Å². The topological polar surface area (TPSA) is 64.3 Å². The molecule has 1 saturated carbocycles.